The quantitative estimate of drug-likeness (QED) is 0.560. The summed E-state index contributed by atoms with van der Waals surface area (Å²) in [7, 11) is 3.09. The average Bonchev–Trinajstić information content (AvgIpc) is 3.25. The smallest absolute Gasteiger partial charge is 0.342 e. The third-order valence-corrected chi connectivity index (χ3v) is 4.62. The van der Waals surface area contributed by atoms with Crippen LogP contribution in [-0.4, -0.2) is 48.5 Å². The summed E-state index contributed by atoms with van der Waals surface area (Å²) < 4.78 is 17.8. The second-order valence-corrected chi connectivity index (χ2v) is 6.68. The molecule has 1 heterocycles. The number of carbonyl (C=O) groups excluding carboxylic acids is 2. The Morgan fingerprint density at radius 1 is 1.10 bits per heavy atom. The fraction of sp³-hybridized carbons (Fsp3) is 0.261. The van der Waals surface area contributed by atoms with Gasteiger partial charge in [0.05, 0.1) is 19.9 Å². The molecule has 0 fully saturated rings. The Morgan fingerprint density at radius 3 is 2.48 bits per heavy atom. The number of methoxy groups -OCH3 is 2. The third-order valence-electron chi connectivity index (χ3n) is 4.62. The van der Waals surface area contributed by atoms with E-state index >= 15 is 0 Å². The molecule has 3 aromatic rings. The Hall–Kier alpha value is -3.81. The minimum atomic E-state index is -0.951. The highest BCUT2D eigenvalue weighted by Crippen LogP contribution is 2.35. The fourth-order valence-corrected chi connectivity index (χ4v) is 3.03. The number of esters is 1. The first-order chi connectivity index (χ1) is 15.0. The summed E-state index contributed by atoms with van der Waals surface area (Å²) in [5, 5.41) is 7.26. The van der Waals surface area contributed by atoms with Crippen molar-refractivity contribution >= 4 is 11.9 Å². The Balaban J connectivity index is 2.09. The van der Waals surface area contributed by atoms with Crippen LogP contribution in [0.25, 0.3) is 16.9 Å². The van der Waals surface area contributed by atoms with Gasteiger partial charge < -0.3 is 19.5 Å². The SMILES string of the molecule is CCNC(=O)[C@@H](C)OC(=O)c1cn(-c2ccccc2)nc1-c1cc(OC)ccc1OC. The number of hydrogen-bond acceptors (Lipinski definition) is 6. The van der Waals surface area contributed by atoms with Crippen LogP contribution in [-0.2, 0) is 9.53 Å². The van der Waals surface area contributed by atoms with Crippen LogP contribution in [0.5, 0.6) is 11.5 Å². The largest absolute Gasteiger partial charge is 0.497 e. The molecule has 8 nitrogen and oxygen atoms in total. The summed E-state index contributed by atoms with van der Waals surface area (Å²) in [6.07, 6.45) is 0.628. The van der Waals surface area contributed by atoms with E-state index in [2.05, 4.69) is 10.4 Å². The van der Waals surface area contributed by atoms with Gasteiger partial charge in [0, 0.05) is 18.3 Å². The van der Waals surface area contributed by atoms with Crippen LogP contribution in [0.2, 0.25) is 0 Å². The molecule has 0 bridgehead atoms. The first-order valence-corrected chi connectivity index (χ1v) is 9.84. The number of nitrogens with zero attached hydrogens (tertiary/aromatic N) is 2. The molecule has 31 heavy (non-hydrogen) atoms. The monoisotopic (exact) mass is 423 g/mol. The molecule has 0 unspecified atom stereocenters. The lowest BCUT2D eigenvalue weighted by Gasteiger charge is -2.13. The van der Waals surface area contributed by atoms with Crippen LogP contribution in [0.4, 0.5) is 0 Å². The zero-order chi connectivity index (χ0) is 22.4. The van der Waals surface area contributed by atoms with Crippen molar-refractivity contribution in [3.8, 4) is 28.4 Å². The molecule has 1 N–H and O–H groups in total. The molecule has 0 aliphatic heterocycles. The maximum atomic E-state index is 13.0. The summed E-state index contributed by atoms with van der Waals surface area (Å²) >= 11 is 0. The van der Waals surface area contributed by atoms with Crippen molar-refractivity contribution in [2.75, 3.05) is 20.8 Å². The van der Waals surface area contributed by atoms with Gasteiger partial charge in [-0.05, 0) is 44.2 Å². The number of hydrogen-bond donors (Lipinski definition) is 1. The van der Waals surface area contributed by atoms with E-state index in [1.165, 1.54) is 14.0 Å². The summed E-state index contributed by atoms with van der Waals surface area (Å²) in [5.74, 6) is 0.0672. The van der Waals surface area contributed by atoms with E-state index < -0.39 is 12.1 Å². The fourth-order valence-electron chi connectivity index (χ4n) is 3.03. The third kappa shape index (κ3) is 4.85. The molecule has 1 aromatic heterocycles. The highest BCUT2D eigenvalue weighted by Gasteiger charge is 2.26. The Bertz CT molecular complexity index is 1060. The molecule has 1 atom stereocenters. The average molecular weight is 423 g/mol. The van der Waals surface area contributed by atoms with Crippen molar-refractivity contribution < 1.29 is 23.8 Å². The molecule has 8 heteroatoms. The number of aromatic nitrogens is 2. The van der Waals surface area contributed by atoms with E-state index in [4.69, 9.17) is 14.2 Å². The highest BCUT2D eigenvalue weighted by molar-refractivity contribution is 5.98. The number of carbonyl (C=O) groups is 2. The second kappa shape index (κ2) is 9.80. The second-order valence-electron chi connectivity index (χ2n) is 6.68. The van der Waals surface area contributed by atoms with Gasteiger partial charge in [0.25, 0.3) is 5.91 Å². The Morgan fingerprint density at radius 2 is 1.84 bits per heavy atom. The zero-order valence-electron chi connectivity index (χ0n) is 17.9. The number of ether oxygens (including phenoxy) is 3. The minimum absolute atomic E-state index is 0.201. The standard InChI is InChI=1S/C23H25N3O5/c1-5-24-22(27)15(2)31-23(28)19-14-26(16-9-7-6-8-10-16)25-21(19)18-13-17(29-3)11-12-20(18)30-4/h6-15H,5H2,1-4H3,(H,24,27)/t15-/m1/s1. The van der Waals surface area contributed by atoms with E-state index in [1.54, 1.807) is 43.1 Å². The van der Waals surface area contributed by atoms with Gasteiger partial charge in [-0.3, -0.25) is 4.79 Å². The van der Waals surface area contributed by atoms with Gasteiger partial charge in [0.1, 0.15) is 22.8 Å². The summed E-state index contributed by atoms with van der Waals surface area (Å²) in [6.45, 7) is 3.76. The van der Waals surface area contributed by atoms with E-state index in [9.17, 15) is 9.59 Å². The predicted octanol–water partition coefficient (Wildman–Crippen LogP) is 3.24. The topological polar surface area (TPSA) is 91.7 Å². The highest BCUT2D eigenvalue weighted by atomic mass is 16.5. The van der Waals surface area contributed by atoms with Crippen LogP contribution in [0.3, 0.4) is 0 Å². The molecule has 0 spiro atoms. The molecule has 3 rings (SSSR count). The van der Waals surface area contributed by atoms with Crippen LogP contribution >= 0.6 is 0 Å². The van der Waals surface area contributed by atoms with Crippen LogP contribution in [0.1, 0.15) is 24.2 Å². The van der Waals surface area contributed by atoms with Crippen LogP contribution in [0, 0.1) is 0 Å². The van der Waals surface area contributed by atoms with Gasteiger partial charge in [0.15, 0.2) is 6.10 Å². The van der Waals surface area contributed by atoms with Crippen molar-refractivity contribution in [3.63, 3.8) is 0 Å². The maximum absolute atomic E-state index is 13.0. The molecular weight excluding hydrogens is 398 g/mol. The van der Waals surface area contributed by atoms with E-state index in [0.717, 1.165) is 5.69 Å². The van der Waals surface area contributed by atoms with Crippen molar-refractivity contribution in [3.05, 3.63) is 60.3 Å². The number of likely N-dealkylation sites (N-methyl/N-ethyl adjacent to an activating group) is 1. The minimum Gasteiger partial charge on any atom is -0.497 e. The molecule has 0 aliphatic rings. The zero-order valence-corrected chi connectivity index (χ0v) is 17.9. The Kier molecular flexibility index (Phi) is 6.92. The lowest BCUT2D eigenvalue weighted by molar-refractivity contribution is -0.128. The normalized spacial score (nSPS) is 11.5. The van der Waals surface area contributed by atoms with Gasteiger partial charge in [-0.15, -0.1) is 0 Å². The molecular formula is C23H25N3O5. The molecule has 0 radical (unpaired) electrons. The number of rotatable bonds is 8. The number of amides is 1. The maximum Gasteiger partial charge on any atom is 0.342 e. The van der Waals surface area contributed by atoms with E-state index in [-0.39, 0.29) is 11.5 Å². The molecule has 162 valence electrons. The lowest BCUT2D eigenvalue weighted by atomic mass is 10.1. The molecule has 0 saturated carbocycles. The predicted molar refractivity (Wildman–Crippen MR) is 116 cm³/mol. The molecule has 2 aromatic carbocycles. The lowest BCUT2D eigenvalue weighted by Crippen LogP contribution is -2.35. The van der Waals surface area contributed by atoms with Crippen molar-refractivity contribution in [2.45, 2.75) is 20.0 Å². The number of nitrogens with one attached hydrogen (secondary N) is 1. The van der Waals surface area contributed by atoms with Crippen molar-refractivity contribution in [2.24, 2.45) is 0 Å². The first kappa shape index (κ1) is 21.9. The van der Waals surface area contributed by atoms with Crippen molar-refractivity contribution in [1.82, 2.24) is 15.1 Å². The number of benzene rings is 2. The van der Waals surface area contributed by atoms with Gasteiger partial charge in [0.2, 0.25) is 0 Å². The molecule has 0 aliphatic carbocycles. The van der Waals surface area contributed by atoms with Gasteiger partial charge >= 0.3 is 5.97 Å². The summed E-state index contributed by atoms with van der Waals surface area (Å²) in [4.78, 5) is 25.1. The van der Waals surface area contributed by atoms with E-state index in [0.29, 0.717) is 29.3 Å². The first-order valence-electron chi connectivity index (χ1n) is 9.84. The van der Waals surface area contributed by atoms with E-state index in [1.807, 2.05) is 30.3 Å². The van der Waals surface area contributed by atoms with Crippen LogP contribution < -0.4 is 14.8 Å². The summed E-state index contributed by atoms with van der Waals surface area (Å²) in [5.41, 5.74) is 1.88. The molecule has 0 saturated heterocycles. The van der Waals surface area contributed by atoms with Gasteiger partial charge in [-0.1, -0.05) is 18.2 Å². The number of para-hydroxylation sites is 1. The van der Waals surface area contributed by atoms with Gasteiger partial charge in [-0.25, -0.2) is 9.48 Å². The molecule has 1 amide bonds. The summed E-state index contributed by atoms with van der Waals surface area (Å²) in [6, 6.07) is 14.6. The Labute approximate surface area is 180 Å². The van der Waals surface area contributed by atoms with Crippen LogP contribution in [0.15, 0.2) is 54.7 Å². The van der Waals surface area contributed by atoms with Crippen molar-refractivity contribution in [1.29, 1.82) is 0 Å². The van der Waals surface area contributed by atoms with Gasteiger partial charge in [-0.2, -0.15) is 5.10 Å².